The van der Waals surface area contributed by atoms with Crippen LogP contribution in [-0.2, 0) is 4.74 Å². The van der Waals surface area contributed by atoms with Gasteiger partial charge < -0.3 is 9.47 Å². The molecule has 0 aliphatic carbocycles. The molecule has 1 aromatic rings. The van der Waals surface area contributed by atoms with Gasteiger partial charge >= 0.3 is 0 Å². The molecule has 0 aliphatic rings. The minimum atomic E-state index is -0.0184. The molecule has 0 saturated carbocycles. The van der Waals surface area contributed by atoms with Gasteiger partial charge in [-0.25, -0.2) is 0 Å². The Morgan fingerprint density at radius 3 is 2.73 bits per heavy atom. The summed E-state index contributed by atoms with van der Waals surface area (Å²) < 4.78 is 10.2. The van der Waals surface area contributed by atoms with E-state index in [0.29, 0.717) is 12.2 Å². The van der Waals surface area contributed by atoms with Gasteiger partial charge in [0, 0.05) is 12.2 Å². The molecule has 0 aromatic heterocycles. The molecule has 0 fully saturated rings. The van der Waals surface area contributed by atoms with Crippen molar-refractivity contribution < 1.29 is 14.3 Å². The molecule has 0 saturated heterocycles. The second kappa shape index (κ2) is 5.51. The van der Waals surface area contributed by atoms with E-state index in [9.17, 15) is 4.79 Å². The van der Waals surface area contributed by atoms with Crippen molar-refractivity contribution >= 4 is 5.78 Å². The molecule has 1 aromatic carbocycles. The minimum Gasteiger partial charge on any atom is -0.496 e. The van der Waals surface area contributed by atoms with E-state index in [4.69, 9.17) is 9.47 Å². The van der Waals surface area contributed by atoms with E-state index in [0.717, 1.165) is 11.3 Å². The highest BCUT2D eigenvalue weighted by Crippen LogP contribution is 2.19. The topological polar surface area (TPSA) is 35.5 Å². The number of Topliss-reactive ketones (excluding diaryl/α,β-unsaturated/α-hetero) is 1. The number of hydrogen-bond acceptors (Lipinski definition) is 3. The lowest BCUT2D eigenvalue weighted by atomic mass is 10.1. The maximum absolute atomic E-state index is 11.6. The number of ether oxygens (including phenoxy) is 2. The summed E-state index contributed by atoms with van der Waals surface area (Å²) in [5, 5.41) is 0. The van der Waals surface area contributed by atoms with E-state index in [2.05, 4.69) is 0 Å². The fourth-order valence-corrected chi connectivity index (χ4v) is 1.27. The Balaban J connectivity index is 2.81. The Kier molecular flexibility index (Phi) is 4.31. The molecule has 0 unspecified atom stereocenters. The summed E-state index contributed by atoms with van der Waals surface area (Å²) in [6, 6.07) is 5.41. The number of benzene rings is 1. The van der Waals surface area contributed by atoms with Crippen molar-refractivity contribution in [1.29, 1.82) is 0 Å². The van der Waals surface area contributed by atoms with Crippen molar-refractivity contribution in [2.24, 2.45) is 0 Å². The summed E-state index contributed by atoms with van der Waals surface area (Å²) in [6.07, 6.45) is 0. The van der Waals surface area contributed by atoms with Crippen molar-refractivity contribution in [3.05, 3.63) is 29.3 Å². The van der Waals surface area contributed by atoms with Crippen LogP contribution < -0.4 is 4.74 Å². The molecule has 82 valence electrons. The first-order valence-corrected chi connectivity index (χ1v) is 4.94. The lowest BCUT2D eigenvalue weighted by molar-refractivity contribution is 0.0783. The molecular formula is C12H16O3. The van der Waals surface area contributed by atoms with Gasteiger partial charge in [0.15, 0.2) is 5.78 Å². The number of ketones is 1. The quantitative estimate of drug-likeness (QED) is 0.696. The van der Waals surface area contributed by atoms with Crippen molar-refractivity contribution in [3.63, 3.8) is 0 Å². The van der Waals surface area contributed by atoms with Gasteiger partial charge in [-0.15, -0.1) is 0 Å². The average molecular weight is 208 g/mol. The Bertz CT molecular complexity index is 345. The molecule has 0 bridgehead atoms. The fourth-order valence-electron chi connectivity index (χ4n) is 1.27. The minimum absolute atomic E-state index is 0.0184. The van der Waals surface area contributed by atoms with Crippen molar-refractivity contribution in [1.82, 2.24) is 0 Å². The Morgan fingerprint density at radius 2 is 2.13 bits per heavy atom. The Morgan fingerprint density at radius 1 is 1.40 bits per heavy atom. The first kappa shape index (κ1) is 11.7. The zero-order valence-electron chi connectivity index (χ0n) is 9.37. The summed E-state index contributed by atoms with van der Waals surface area (Å²) in [5.41, 5.74) is 1.65. The maximum Gasteiger partial charge on any atom is 0.188 e. The molecule has 3 nitrogen and oxygen atoms in total. The van der Waals surface area contributed by atoms with Gasteiger partial charge in [-0.3, -0.25) is 4.79 Å². The highest BCUT2D eigenvalue weighted by atomic mass is 16.5. The van der Waals surface area contributed by atoms with Crippen LogP contribution in [0, 0.1) is 6.92 Å². The lowest BCUT2D eigenvalue weighted by Gasteiger charge is -2.06. The first-order valence-electron chi connectivity index (χ1n) is 4.94. The van der Waals surface area contributed by atoms with Gasteiger partial charge in [-0.2, -0.15) is 0 Å². The standard InChI is InChI=1S/C12H16O3/c1-4-15-8-11(13)10-6-5-9(2)12(7-10)14-3/h5-7H,4,8H2,1-3H3. The Hall–Kier alpha value is -1.35. The van der Waals surface area contributed by atoms with Crippen LogP contribution in [0.3, 0.4) is 0 Å². The second-order valence-corrected chi connectivity index (χ2v) is 3.24. The van der Waals surface area contributed by atoms with E-state index in [1.165, 1.54) is 0 Å². The molecule has 0 N–H and O–H groups in total. The number of rotatable bonds is 5. The third kappa shape index (κ3) is 3.06. The van der Waals surface area contributed by atoms with Gasteiger partial charge in [0.1, 0.15) is 12.4 Å². The molecule has 0 spiro atoms. The van der Waals surface area contributed by atoms with Crippen LogP contribution in [0.1, 0.15) is 22.8 Å². The summed E-state index contributed by atoms with van der Waals surface area (Å²) in [7, 11) is 1.60. The predicted octanol–water partition coefficient (Wildman–Crippen LogP) is 2.22. The lowest BCUT2D eigenvalue weighted by Crippen LogP contribution is -2.09. The van der Waals surface area contributed by atoms with Crippen LogP contribution in [-0.4, -0.2) is 26.1 Å². The largest absolute Gasteiger partial charge is 0.496 e. The van der Waals surface area contributed by atoms with E-state index in [1.807, 2.05) is 19.9 Å². The van der Waals surface area contributed by atoms with Gasteiger partial charge in [0.05, 0.1) is 7.11 Å². The van der Waals surface area contributed by atoms with E-state index < -0.39 is 0 Å². The molecule has 0 amide bonds. The van der Waals surface area contributed by atoms with E-state index >= 15 is 0 Å². The number of carbonyl (C=O) groups excluding carboxylic acids is 1. The van der Waals surface area contributed by atoms with Crippen molar-refractivity contribution in [2.75, 3.05) is 20.3 Å². The summed E-state index contributed by atoms with van der Waals surface area (Å²) in [5.74, 6) is 0.715. The van der Waals surface area contributed by atoms with Gasteiger partial charge in [-0.05, 0) is 25.5 Å². The van der Waals surface area contributed by atoms with Crippen molar-refractivity contribution in [2.45, 2.75) is 13.8 Å². The highest BCUT2D eigenvalue weighted by molar-refractivity contribution is 5.97. The van der Waals surface area contributed by atoms with E-state index in [-0.39, 0.29) is 12.4 Å². The third-order valence-electron chi connectivity index (χ3n) is 2.17. The Labute approximate surface area is 90.0 Å². The molecular weight excluding hydrogens is 192 g/mol. The number of carbonyl (C=O) groups is 1. The third-order valence-corrected chi connectivity index (χ3v) is 2.17. The molecule has 3 heteroatoms. The summed E-state index contributed by atoms with van der Waals surface area (Å²) in [4.78, 5) is 11.6. The monoisotopic (exact) mass is 208 g/mol. The average Bonchev–Trinajstić information content (AvgIpc) is 2.26. The predicted molar refractivity (Wildman–Crippen MR) is 58.6 cm³/mol. The molecule has 1 rings (SSSR count). The number of aryl methyl sites for hydroxylation is 1. The molecule has 0 radical (unpaired) electrons. The SMILES string of the molecule is CCOCC(=O)c1ccc(C)c(OC)c1. The second-order valence-electron chi connectivity index (χ2n) is 3.24. The highest BCUT2D eigenvalue weighted by Gasteiger charge is 2.08. The number of methoxy groups -OCH3 is 1. The zero-order chi connectivity index (χ0) is 11.3. The molecule has 15 heavy (non-hydrogen) atoms. The normalized spacial score (nSPS) is 10.1. The van der Waals surface area contributed by atoms with Crippen LogP contribution in [0.2, 0.25) is 0 Å². The molecule has 0 heterocycles. The van der Waals surface area contributed by atoms with Gasteiger partial charge in [0.25, 0.3) is 0 Å². The summed E-state index contributed by atoms with van der Waals surface area (Å²) in [6.45, 7) is 4.48. The van der Waals surface area contributed by atoms with Crippen LogP contribution in [0.15, 0.2) is 18.2 Å². The summed E-state index contributed by atoms with van der Waals surface area (Å²) >= 11 is 0. The number of hydrogen-bond donors (Lipinski definition) is 0. The van der Waals surface area contributed by atoms with Gasteiger partial charge in [0.2, 0.25) is 0 Å². The van der Waals surface area contributed by atoms with E-state index in [1.54, 1.807) is 19.2 Å². The fraction of sp³-hybridized carbons (Fsp3) is 0.417. The molecule has 0 atom stereocenters. The smallest absolute Gasteiger partial charge is 0.188 e. The van der Waals surface area contributed by atoms with Crippen LogP contribution in [0.4, 0.5) is 0 Å². The molecule has 0 aliphatic heterocycles. The van der Waals surface area contributed by atoms with Crippen LogP contribution in [0.25, 0.3) is 0 Å². The first-order chi connectivity index (χ1) is 7.19. The van der Waals surface area contributed by atoms with Gasteiger partial charge in [-0.1, -0.05) is 12.1 Å². The zero-order valence-corrected chi connectivity index (χ0v) is 9.37. The van der Waals surface area contributed by atoms with Crippen molar-refractivity contribution in [3.8, 4) is 5.75 Å². The maximum atomic E-state index is 11.6. The van der Waals surface area contributed by atoms with Crippen LogP contribution >= 0.6 is 0 Å². The van der Waals surface area contributed by atoms with Crippen LogP contribution in [0.5, 0.6) is 5.75 Å².